The van der Waals surface area contributed by atoms with E-state index >= 15 is 0 Å². The van der Waals surface area contributed by atoms with E-state index in [4.69, 9.17) is 0 Å². The molecule has 0 aliphatic carbocycles. The largest absolute Gasteiger partial charge is 0.250 e. The molecule has 4 nitrogen and oxygen atoms in total. The van der Waals surface area contributed by atoms with Crippen molar-refractivity contribution in [2.45, 2.75) is 33.6 Å². The van der Waals surface area contributed by atoms with Crippen LogP contribution in [0.3, 0.4) is 0 Å². The van der Waals surface area contributed by atoms with E-state index in [1.54, 1.807) is 0 Å². The Labute approximate surface area is 112 Å². The molecule has 2 aromatic rings. The second kappa shape index (κ2) is 5.07. The van der Waals surface area contributed by atoms with Crippen LogP contribution in [0.2, 0.25) is 0 Å². The lowest BCUT2D eigenvalue weighted by atomic mass is 10.1. The molecule has 88 valence electrons. The highest BCUT2D eigenvalue weighted by atomic mass is 127. The van der Waals surface area contributed by atoms with Gasteiger partial charge in [-0.1, -0.05) is 13.3 Å². The first-order chi connectivity index (χ1) is 7.13. The first-order valence-corrected chi connectivity index (χ1v) is 5.30. The van der Waals surface area contributed by atoms with E-state index in [1.807, 2.05) is 25.6 Å². The van der Waals surface area contributed by atoms with Crippen LogP contribution in [0.25, 0.3) is 11.0 Å². The van der Waals surface area contributed by atoms with Crippen LogP contribution in [0.5, 0.6) is 0 Å². The Morgan fingerprint density at radius 1 is 1.19 bits per heavy atom. The molecule has 0 unspecified atom stereocenters. The Morgan fingerprint density at radius 2 is 1.88 bits per heavy atom. The average Bonchev–Trinajstić information content (AvgIpc) is 2.42. The first-order valence-electron chi connectivity index (χ1n) is 5.30. The Kier molecular flexibility index (Phi) is 4.23. The molecule has 2 aromatic heterocycles. The molecule has 0 aromatic carbocycles. The number of hydrogen-bond acceptors (Lipinski definition) is 3. The number of hydrogen-bond donors (Lipinski definition) is 0. The average molecular weight is 332 g/mol. The van der Waals surface area contributed by atoms with Gasteiger partial charge >= 0.3 is 0 Å². The number of aryl methyl sites for hydroxylation is 4. The summed E-state index contributed by atoms with van der Waals surface area (Å²) in [5, 5.41) is 5.52. The molecule has 0 spiro atoms. The van der Waals surface area contributed by atoms with Crippen molar-refractivity contribution in [1.29, 1.82) is 0 Å². The molecule has 0 atom stereocenters. The molecule has 16 heavy (non-hydrogen) atoms. The van der Waals surface area contributed by atoms with Crippen molar-refractivity contribution in [2.75, 3.05) is 0 Å². The molecule has 0 saturated carbocycles. The number of rotatable bonds is 2. The van der Waals surface area contributed by atoms with Crippen LogP contribution in [-0.4, -0.2) is 19.7 Å². The minimum Gasteiger partial charge on any atom is -0.250 e. The van der Waals surface area contributed by atoms with Crippen molar-refractivity contribution < 1.29 is 0 Å². The molecule has 0 fully saturated rings. The fourth-order valence-electron chi connectivity index (χ4n) is 1.96. The van der Waals surface area contributed by atoms with Gasteiger partial charge in [0.2, 0.25) is 0 Å². The van der Waals surface area contributed by atoms with E-state index in [0.717, 1.165) is 41.1 Å². The van der Waals surface area contributed by atoms with E-state index in [2.05, 4.69) is 22.0 Å². The predicted octanol–water partition coefficient (Wildman–Crippen LogP) is 2.55. The zero-order chi connectivity index (χ0) is 11.0. The monoisotopic (exact) mass is 332 g/mol. The van der Waals surface area contributed by atoms with Gasteiger partial charge in [-0.25, -0.2) is 9.97 Å². The van der Waals surface area contributed by atoms with Gasteiger partial charge in [0.25, 0.3) is 0 Å². The standard InChI is InChI=1S/C11H16N4.HI/c1-5-6-9-10-7(2)14-15(4)11(10)13-8(3)12-9;/h5-6H2,1-4H3;1H. The summed E-state index contributed by atoms with van der Waals surface area (Å²) in [7, 11) is 1.93. The maximum absolute atomic E-state index is 4.50. The van der Waals surface area contributed by atoms with Crippen LogP contribution in [0.15, 0.2) is 0 Å². The van der Waals surface area contributed by atoms with Gasteiger partial charge in [0.15, 0.2) is 5.65 Å². The zero-order valence-corrected chi connectivity index (χ0v) is 12.4. The van der Waals surface area contributed by atoms with Gasteiger partial charge < -0.3 is 0 Å². The minimum absolute atomic E-state index is 0. The van der Waals surface area contributed by atoms with Gasteiger partial charge in [0, 0.05) is 7.05 Å². The van der Waals surface area contributed by atoms with Gasteiger partial charge in [0.1, 0.15) is 5.82 Å². The van der Waals surface area contributed by atoms with Gasteiger partial charge in [-0.2, -0.15) is 5.10 Å². The van der Waals surface area contributed by atoms with Crippen molar-refractivity contribution in [3.05, 3.63) is 17.2 Å². The summed E-state index contributed by atoms with van der Waals surface area (Å²) in [5.74, 6) is 0.828. The number of nitrogens with zero attached hydrogens (tertiary/aromatic N) is 4. The summed E-state index contributed by atoms with van der Waals surface area (Å²) in [6.07, 6.45) is 2.09. The topological polar surface area (TPSA) is 43.6 Å². The molecule has 2 rings (SSSR count). The van der Waals surface area contributed by atoms with E-state index in [9.17, 15) is 0 Å². The van der Waals surface area contributed by atoms with Crippen molar-refractivity contribution in [3.63, 3.8) is 0 Å². The SMILES string of the molecule is CCCc1nc(C)nc2c1c(C)nn2C.I. The Morgan fingerprint density at radius 3 is 2.50 bits per heavy atom. The molecule has 0 saturated heterocycles. The lowest BCUT2D eigenvalue weighted by molar-refractivity contribution is 0.770. The third kappa shape index (κ3) is 2.18. The van der Waals surface area contributed by atoms with Crippen LogP contribution >= 0.6 is 24.0 Å². The molecule has 2 heterocycles. The second-order valence-corrected chi connectivity index (χ2v) is 3.88. The van der Waals surface area contributed by atoms with E-state index in [-0.39, 0.29) is 24.0 Å². The summed E-state index contributed by atoms with van der Waals surface area (Å²) in [6, 6.07) is 0. The highest BCUT2D eigenvalue weighted by Crippen LogP contribution is 2.20. The lowest BCUT2D eigenvalue weighted by Gasteiger charge is -2.02. The maximum atomic E-state index is 4.50. The first kappa shape index (κ1) is 13.3. The van der Waals surface area contributed by atoms with Gasteiger partial charge in [-0.15, -0.1) is 24.0 Å². The molecule has 0 amide bonds. The summed E-state index contributed by atoms with van der Waals surface area (Å²) in [6.45, 7) is 6.11. The van der Waals surface area contributed by atoms with Crippen molar-refractivity contribution in [2.24, 2.45) is 7.05 Å². The van der Waals surface area contributed by atoms with Crippen LogP contribution in [0.4, 0.5) is 0 Å². The van der Waals surface area contributed by atoms with Crippen LogP contribution in [-0.2, 0) is 13.5 Å². The fraction of sp³-hybridized carbons (Fsp3) is 0.545. The fourth-order valence-corrected chi connectivity index (χ4v) is 1.96. The normalized spacial score (nSPS) is 10.5. The molecule has 0 bridgehead atoms. The van der Waals surface area contributed by atoms with Gasteiger partial charge in [-0.3, -0.25) is 4.68 Å². The summed E-state index contributed by atoms with van der Waals surface area (Å²) >= 11 is 0. The quantitative estimate of drug-likeness (QED) is 0.794. The summed E-state index contributed by atoms with van der Waals surface area (Å²) in [5.41, 5.74) is 3.10. The van der Waals surface area contributed by atoms with Gasteiger partial charge in [0.05, 0.1) is 16.8 Å². The summed E-state index contributed by atoms with van der Waals surface area (Å²) in [4.78, 5) is 8.93. The highest BCUT2D eigenvalue weighted by molar-refractivity contribution is 14.0. The number of halogens is 1. The van der Waals surface area contributed by atoms with Crippen LogP contribution in [0, 0.1) is 13.8 Å². The van der Waals surface area contributed by atoms with Crippen molar-refractivity contribution in [3.8, 4) is 0 Å². The molecule has 5 heteroatoms. The molecule has 0 aliphatic rings. The van der Waals surface area contributed by atoms with Crippen molar-refractivity contribution >= 4 is 35.0 Å². The number of aromatic nitrogens is 4. The van der Waals surface area contributed by atoms with Gasteiger partial charge in [-0.05, 0) is 20.3 Å². The predicted molar refractivity (Wildman–Crippen MR) is 75.2 cm³/mol. The highest BCUT2D eigenvalue weighted by Gasteiger charge is 2.12. The Bertz CT molecular complexity index is 504. The molecule has 0 radical (unpaired) electrons. The molecular weight excluding hydrogens is 315 g/mol. The second-order valence-electron chi connectivity index (χ2n) is 3.88. The minimum atomic E-state index is 0. The third-order valence-corrected chi connectivity index (χ3v) is 2.53. The van der Waals surface area contributed by atoms with E-state index in [0.29, 0.717) is 0 Å². The smallest absolute Gasteiger partial charge is 0.161 e. The van der Waals surface area contributed by atoms with Crippen molar-refractivity contribution in [1.82, 2.24) is 19.7 Å². The Balaban J connectivity index is 0.00000128. The Hall–Kier alpha value is -0.720. The molecule has 0 N–H and O–H groups in total. The molecular formula is C11H17IN4. The van der Waals surface area contributed by atoms with E-state index < -0.39 is 0 Å². The summed E-state index contributed by atoms with van der Waals surface area (Å²) < 4.78 is 1.83. The zero-order valence-electron chi connectivity index (χ0n) is 10.1. The van der Waals surface area contributed by atoms with E-state index in [1.165, 1.54) is 0 Å². The maximum Gasteiger partial charge on any atom is 0.161 e. The van der Waals surface area contributed by atoms with Crippen LogP contribution in [0.1, 0.15) is 30.6 Å². The lowest BCUT2D eigenvalue weighted by Crippen LogP contribution is -1.99. The molecule has 0 aliphatic heterocycles. The third-order valence-electron chi connectivity index (χ3n) is 2.53. The van der Waals surface area contributed by atoms with Crippen LogP contribution < -0.4 is 0 Å². The number of fused-ring (bicyclic) bond motifs is 1.